The van der Waals surface area contributed by atoms with Crippen LogP contribution in [0, 0.1) is 0 Å². The number of amides is 2. The van der Waals surface area contributed by atoms with Crippen LogP contribution < -0.4 is 5.32 Å². The zero-order chi connectivity index (χ0) is 18.7. The number of H-pyrrole nitrogens is 1. The third-order valence-corrected chi connectivity index (χ3v) is 5.02. The van der Waals surface area contributed by atoms with Gasteiger partial charge in [-0.2, -0.15) is 0 Å². The smallest absolute Gasteiger partial charge is 0.407 e. The molecule has 0 bridgehead atoms. The van der Waals surface area contributed by atoms with Crippen molar-refractivity contribution in [2.75, 3.05) is 13.7 Å². The molecule has 0 spiro atoms. The van der Waals surface area contributed by atoms with Crippen LogP contribution in [0.25, 0.3) is 11.3 Å². The number of nitrogens with one attached hydrogen (secondary N) is 2. The van der Waals surface area contributed by atoms with Crippen molar-refractivity contribution < 1.29 is 14.3 Å². The molecule has 2 heterocycles. The lowest BCUT2D eigenvalue weighted by Crippen LogP contribution is -2.46. The summed E-state index contributed by atoms with van der Waals surface area (Å²) in [5.41, 5.74) is 1.94. The number of halogens is 1. The molecule has 1 aromatic carbocycles. The van der Waals surface area contributed by atoms with E-state index < -0.39 is 12.1 Å². The zero-order valence-corrected chi connectivity index (χ0v) is 16.2. The first-order chi connectivity index (χ1) is 12.5. The summed E-state index contributed by atoms with van der Waals surface area (Å²) in [5.74, 6) is 0.624. The molecule has 2 N–H and O–H groups in total. The molecule has 138 valence electrons. The Balaban J connectivity index is 1.75. The van der Waals surface area contributed by atoms with Gasteiger partial charge in [-0.15, -0.1) is 0 Å². The van der Waals surface area contributed by atoms with Gasteiger partial charge in [0.05, 0.1) is 25.0 Å². The van der Waals surface area contributed by atoms with Crippen molar-refractivity contribution in [2.45, 2.75) is 31.8 Å². The van der Waals surface area contributed by atoms with E-state index >= 15 is 0 Å². The molecule has 1 saturated heterocycles. The van der Waals surface area contributed by atoms with Gasteiger partial charge in [0.1, 0.15) is 11.9 Å². The molecular formula is C18H21BrN4O3. The lowest BCUT2D eigenvalue weighted by atomic mass is 10.2. The van der Waals surface area contributed by atoms with Gasteiger partial charge in [0, 0.05) is 11.0 Å². The molecule has 2 amide bonds. The van der Waals surface area contributed by atoms with Crippen LogP contribution in [0.1, 0.15) is 31.6 Å². The van der Waals surface area contributed by atoms with Gasteiger partial charge in [0.2, 0.25) is 5.91 Å². The summed E-state index contributed by atoms with van der Waals surface area (Å²) >= 11 is 3.43. The maximum Gasteiger partial charge on any atom is 0.407 e. The first-order valence-corrected chi connectivity index (χ1v) is 9.24. The van der Waals surface area contributed by atoms with E-state index in [-0.39, 0.29) is 11.9 Å². The van der Waals surface area contributed by atoms with Gasteiger partial charge in [-0.1, -0.05) is 28.1 Å². The fourth-order valence-electron chi connectivity index (χ4n) is 3.14. The van der Waals surface area contributed by atoms with Crippen molar-refractivity contribution in [1.82, 2.24) is 20.2 Å². The first kappa shape index (κ1) is 18.4. The van der Waals surface area contributed by atoms with E-state index in [1.165, 1.54) is 7.11 Å². The standard InChI is InChI=1S/C18H21BrN4O3/c1-11(21-18(25)26-2)17(24)23-9-3-4-15(23)16-20-10-14(22-16)12-5-7-13(19)8-6-12/h5-8,10-11,15H,3-4,9H2,1-2H3,(H,20,22)(H,21,25). The fourth-order valence-corrected chi connectivity index (χ4v) is 3.41. The predicted octanol–water partition coefficient (Wildman–Crippen LogP) is 3.25. The number of nitrogens with zero attached hydrogens (tertiary/aromatic N) is 2. The second kappa shape index (κ2) is 7.90. The van der Waals surface area contributed by atoms with E-state index in [2.05, 4.69) is 36.0 Å². The Hall–Kier alpha value is -2.35. The van der Waals surface area contributed by atoms with E-state index in [0.717, 1.165) is 34.4 Å². The summed E-state index contributed by atoms with van der Waals surface area (Å²) in [7, 11) is 1.28. The molecule has 1 aliphatic heterocycles. The van der Waals surface area contributed by atoms with E-state index in [0.29, 0.717) is 6.54 Å². The van der Waals surface area contributed by atoms with Gasteiger partial charge >= 0.3 is 6.09 Å². The number of carbonyl (C=O) groups excluding carboxylic acids is 2. The number of hydrogen-bond donors (Lipinski definition) is 2. The molecule has 0 saturated carbocycles. The Bertz CT molecular complexity index is 790. The minimum absolute atomic E-state index is 0.117. The van der Waals surface area contributed by atoms with E-state index in [1.807, 2.05) is 24.3 Å². The summed E-state index contributed by atoms with van der Waals surface area (Å²) in [5, 5.41) is 2.53. The maximum atomic E-state index is 12.7. The van der Waals surface area contributed by atoms with Crippen LogP contribution in [0.2, 0.25) is 0 Å². The Morgan fingerprint density at radius 2 is 2.12 bits per heavy atom. The van der Waals surface area contributed by atoms with E-state index in [9.17, 15) is 9.59 Å². The summed E-state index contributed by atoms with van der Waals surface area (Å²) in [6.45, 7) is 2.30. The molecule has 1 fully saturated rings. The number of ether oxygens (including phenoxy) is 1. The van der Waals surface area contributed by atoms with Crippen LogP contribution in [0.15, 0.2) is 34.9 Å². The Morgan fingerprint density at radius 3 is 2.81 bits per heavy atom. The number of likely N-dealkylation sites (tertiary alicyclic amines) is 1. The van der Waals surface area contributed by atoms with Gasteiger partial charge in [-0.05, 0) is 37.5 Å². The minimum Gasteiger partial charge on any atom is -0.453 e. The number of benzene rings is 1. The van der Waals surface area contributed by atoms with Crippen LogP contribution in [0.5, 0.6) is 0 Å². The minimum atomic E-state index is -0.649. The quantitative estimate of drug-likeness (QED) is 0.794. The number of hydrogen-bond acceptors (Lipinski definition) is 4. The third-order valence-electron chi connectivity index (χ3n) is 4.49. The molecule has 3 rings (SSSR count). The summed E-state index contributed by atoms with van der Waals surface area (Å²) in [6, 6.07) is 7.18. The third kappa shape index (κ3) is 3.90. The second-order valence-electron chi connectivity index (χ2n) is 6.24. The molecule has 2 aromatic rings. The number of imidazole rings is 1. The number of carbonyl (C=O) groups is 2. The normalized spacial score (nSPS) is 17.8. The van der Waals surface area contributed by atoms with Crippen LogP contribution >= 0.6 is 15.9 Å². The number of aromatic nitrogens is 2. The van der Waals surface area contributed by atoms with Crippen LogP contribution in [-0.2, 0) is 9.53 Å². The van der Waals surface area contributed by atoms with E-state index in [1.54, 1.807) is 18.0 Å². The molecular weight excluding hydrogens is 400 g/mol. The summed E-state index contributed by atoms with van der Waals surface area (Å²) in [6.07, 6.45) is 2.91. The van der Waals surface area contributed by atoms with Crippen molar-refractivity contribution in [3.05, 3.63) is 40.8 Å². The average molecular weight is 421 g/mol. The summed E-state index contributed by atoms with van der Waals surface area (Å²) < 4.78 is 5.58. The predicted molar refractivity (Wildman–Crippen MR) is 100 cm³/mol. The molecule has 2 atom stereocenters. The first-order valence-electron chi connectivity index (χ1n) is 8.45. The summed E-state index contributed by atoms with van der Waals surface area (Å²) in [4.78, 5) is 33.7. The van der Waals surface area contributed by atoms with Gasteiger partial charge in [0.15, 0.2) is 0 Å². The second-order valence-corrected chi connectivity index (χ2v) is 7.15. The van der Waals surface area contributed by atoms with Crippen molar-refractivity contribution in [3.63, 3.8) is 0 Å². The molecule has 7 nitrogen and oxygen atoms in total. The number of rotatable bonds is 4. The molecule has 1 aromatic heterocycles. The van der Waals surface area contributed by atoms with Gasteiger partial charge in [-0.3, -0.25) is 4.79 Å². The lowest BCUT2D eigenvalue weighted by Gasteiger charge is -2.26. The highest BCUT2D eigenvalue weighted by molar-refractivity contribution is 9.10. The van der Waals surface area contributed by atoms with Crippen LogP contribution in [0.3, 0.4) is 0 Å². The Morgan fingerprint density at radius 1 is 1.38 bits per heavy atom. The van der Waals surface area contributed by atoms with Crippen LogP contribution in [-0.4, -0.2) is 46.6 Å². The van der Waals surface area contributed by atoms with Crippen molar-refractivity contribution in [2.24, 2.45) is 0 Å². The molecule has 0 aliphatic carbocycles. The van der Waals surface area contributed by atoms with Crippen LogP contribution in [0.4, 0.5) is 4.79 Å². The molecule has 26 heavy (non-hydrogen) atoms. The fraction of sp³-hybridized carbons (Fsp3) is 0.389. The molecule has 0 radical (unpaired) electrons. The van der Waals surface area contributed by atoms with Crippen molar-refractivity contribution >= 4 is 27.9 Å². The molecule has 2 unspecified atom stereocenters. The SMILES string of the molecule is COC(=O)NC(C)C(=O)N1CCCC1c1ncc(-c2ccc(Br)cc2)[nH]1. The monoisotopic (exact) mass is 420 g/mol. The molecule has 8 heteroatoms. The highest BCUT2D eigenvalue weighted by Gasteiger charge is 2.34. The Labute approximate surface area is 160 Å². The lowest BCUT2D eigenvalue weighted by molar-refractivity contribution is -0.134. The van der Waals surface area contributed by atoms with E-state index in [4.69, 9.17) is 0 Å². The maximum absolute atomic E-state index is 12.7. The zero-order valence-electron chi connectivity index (χ0n) is 14.7. The number of alkyl carbamates (subject to hydrolysis) is 1. The molecule has 1 aliphatic rings. The van der Waals surface area contributed by atoms with Crippen molar-refractivity contribution in [3.8, 4) is 11.3 Å². The topological polar surface area (TPSA) is 87.3 Å². The Kier molecular flexibility index (Phi) is 5.61. The number of aromatic amines is 1. The highest BCUT2D eigenvalue weighted by atomic mass is 79.9. The highest BCUT2D eigenvalue weighted by Crippen LogP contribution is 2.32. The van der Waals surface area contributed by atoms with Gasteiger partial charge in [-0.25, -0.2) is 9.78 Å². The van der Waals surface area contributed by atoms with Gasteiger partial charge in [0.25, 0.3) is 0 Å². The largest absolute Gasteiger partial charge is 0.453 e. The van der Waals surface area contributed by atoms with Crippen molar-refractivity contribution in [1.29, 1.82) is 0 Å². The average Bonchev–Trinajstić information content (AvgIpc) is 3.30. The van der Waals surface area contributed by atoms with Gasteiger partial charge < -0.3 is 19.9 Å². The number of methoxy groups -OCH3 is 1.